The zero-order chi connectivity index (χ0) is 20.2. The zero-order valence-corrected chi connectivity index (χ0v) is 15.7. The quantitative estimate of drug-likeness (QED) is 0.720. The number of carbonyl (C=O) groups is 2. The van der Waals surface area contributed by atoms with Crippen LogP contribution < -0.4 is 15.1 Å². The molecule has 2 aliphatic rings. The van der Waals surface area contributed by atoms with Crippen LogP contribution in [0, 0.1) is 5.82 Å². The lowest BCUT2D eigenvalue weighted by Crippen LogP contribution is -2.63. The molecule has 2 amide bonds. The molecule has 1 atom stereocenters. The van der Waals surface area contributed by atoms with Crippen molar-refractivity contribution in [3.8, 4) is 0 Å². The van der Waals surface area contributed by atoms with Crippen LogP contribution in [0.1, 0.15) is 22.8 Å². The Kier molecular flexibility index (Phi) is 3.71. The van der Waals surface area contributed by atoms with Crippen molar-refractivity contribution in [2.24, 2.45) is 0 Å². The van der Waals surface area contributed by atoms with Crippen molar-refractivity contribution in [2.75, 3.05) is 21.7 Å². The fraction of sp³-hybridized carbons (Fsp3) is 0.130. The lowest BCUT2D eigenvalue weighted by Gasteiger charge is -2.45. The number of benzene rings is 3. The minimum Gasteiger partial charge on any atom is -0.350 e. The molecule has 0 saturated carbocycles. The molecule has 3 aromatic carbocycles. The fourth-order valence-corrected chi connectivity index (χ4v) is 4.29. The maximum atomic E-state index is 13.8. The van der Waals surface area contributed by atoms with Gasteiger partial charge in [0.1, 0.15) is 5.82 Å². The molecule has 0 radical (unpaired) electrons. The molecule has 0 unspecified atom stereocenters. The Morgan fingerprint density at radius 2 is 1.62 bits per heavy atom. The van der Waals surface area contributed by atoms with E-state index in [1.54, 1.807) is 23.1 Å². The third-order valence-corrected chi connectivity index (χ3v) is 5.55. The molecule has 0 aromatic heterocycles. The van der Waals surface area contributed by atoms with Crippen molar-refractivity contribution >= 4 is 28.9 Å². The molecule has 29 heavy (non-hydrogen) atoms. The van der Waals surface area contributed by atoms with Gasteiger partial charge in [0.2, 0.25) is 5.66 Å². The Morgan fingerprint density at radius 1 is 0.931 bits per heavy atom. The molecule has 6 heteroatoms. The predicted molar refractivity (Wildman–Crippen MR) is 109 cm³/mol. The average molecular weight is 387 g/mol. The van der Waals surface area contributed by atoms with Gasteiger partial charge >= 0.3 is 0 Å². The molecule has 1 spiro atoms. The van der Waals surface area contributed by atoms with Crippen molar-refractivity contribution in [1.82, 2.24) is 0 Å². The SMILES string of the molecule is CCN1C(=O)[C@@]2(Nc3ccccc3C(=O)N2c2ccc(F)cc2)c2ccccc21. The number of halogens is 1. The summed E-state index contributed by atoms with van der Waals surface area (Å²) in [6.45, 7) is 2.36. The Labute approximate surface area is 167 Å². The topological polar surface area (TPSA) is 52.7 Å². The van der Waals surface area contributed by atoms with Crippen LogP contribution in [0.5, 0.6) is 0 Å². The highest BCUT2D eigenvalue weighted by molar-refractivity contribution is 6.22. The normalized spacial score (nSPS) is 19.9. The van der Waals surface area contributed by atoms with Gasteiger partial charge in [0.25, 0.3) is 11.8 Å². The molecule has 5 nitrogen and oxygen atoms in total. The first-order valence-corrected chi connectivity index (χ1v) is 9.46. The van der Waals surface area contributed by atoms with Crippen LogP contribution in [0.2, 0.25) is 0 Å². The van der Waals surface area contributed by atoms with Gasteiger partial charge in [-0.3, -0.25) is 14.5 Å². The highest BCUT2D eigenvalue weighted by atomic mass is 19.1. The average Bonchev–Trinajstić information content (AvgIpc) is 2.97. The highest BCUT2D eigenvalue weighted by Gasteiger charge is 2.59. The minimum atomic E-state index is -1.43. The molecule has 0 bridgehead atoms. The number of likely N-dealkylation sites (N-methyl/N-ethyl adjacent to an activating group) is 1. The molecule has 2 heterocycles. The van der Waals surface area contributed by atoms with Crippen LogP contribution in [0.15, 0.2) is 72.8 Å². The van der Waals surface area contributed by atoms with Gasteiger partial charge in [-0.15, -0.1) is 0 Å². The van der Waals surface area contributed by atoms with E-state index in [1.807, 2.05) is 37.3 Å². The van der Waals surface area contributed by atoms with Gasteiger partial charge in [-0.2, -0.15) is 0 Å². The molecule has 0 aliphatic carbocycles. The smallest absolute Gasteiger partial charge is 0.279 e. The number of nitrogens with one attached hydrogen (secondary N) is 1. The Bertz CT molecular complexity index is 1140. The standard InChI is InChI=1S/C23H18FN3O2/c1-2-26-20-10-6-4-8-18(20)23(22(26)29)25-19-9-5-3-7-17(19)21(28)27(23)16-13-11-15(24)12-14-16/h3-14,25H,2H2,1H3/t23-/m1/s1. The van der Waals surface area contributed by atoms with Crippen LogP contribution in [0.3, 0.4) is 0 Å². The lowest BCUT2D eigenvalue weighted by molar-refractivity contribution is -0.122. The number of fused-ring (bicyclic) bond motifs is 3. The van der Waals surface area contributed by atoms with Crippen LogP contribution in [0.25, 0.3) is 0 Å². The number of anilines is 3. The molecule has 0 saturated heterocycles. The fourth-order valence-electron chi connectivity index (χ4n) is 4.29. The number of hydrogen-bond acceptors (Lipinski definition) is 3. The number of rotatable bonds is 2. The molecule has 3 aromatic rings. The minimum absolute atomic E-state index is 0.242. The monoisotopic (exact) mass is 387 g/mol. The Balaban J connectivity index is 1.83. The summed E-state index contributed by atoms with van der Waals surface area (Å²) < 4.78 is 13.6. The summed E-state index contributed by atoms with van der Waals surface area (Å²) in [5, 5.41) is 3.36. The molecular weight excluding hydrogens is 369 g/mol. The summed E-state index contributed by atoms with van der Waals surface area (Å²) >= 11 is 0. The van der Waals surface area contributed by atoms with Crippen LogP contribution in [-0.4, -0.2) is 18.4 Å². The number of para-hydroxylation sites is 2. The first-order valence-electron chi connectivity index (χ1n) is 9.46. The van der Waals surface area contributed by atoms with Crippen molar-refractivity contribution in [3.05, 3.63) is 89.7 Å². The lowest BCUT2D eigenvalue weighted by atomic mass is 9.92. The number of hydrogen-bond donors (Lipinski definition) is 1. The van der Waals surface area contributed by atoms with Gasteiger partial charge in [-0.05, 0) is 49.4 Å². The largest absolute Gasteiger partial charge is 0.350 e. The van der Waals surface area contributed by atoms with Gasteiger partial charge < -0.3 is 10.2 Å². The van der Waals surface area contributed by atoms with Crippen molar-refractivity contribution in [2.45, 2.75) is 12.6 Å². The van der Waals surface area contributed by atoms with Crippen molar-refractivity contribution in [3.63, 3.8) is 0 Å². The van der Waals surface area contributed by atoms with E-state index in [1.165, 1.54) is 29.2 Å². The van der Waals surface area contributed by atoms with Gasteiger partial charge in [0.15, 0.2) is 0 Å². The van der Waals surface area contributed by atoms with E-state index >= 15 is 0 Å². The number of nitrogens with zero attached hydrogens (tertiary/aromatic N) is 2. The van der Waals surface area contributed by atoms with E-state index in [9.17, 15) is 14.0 Å². The summed E-state index contributed by atoms with van der Waals surface area (Å²) in [7, 11) is 0. The second-order valence-electron chi connectivity index (χ2n) is 7.06. The summed E-state index contributed by atoms with van der Waals surface area (Å²) in [6, 6.07) is 20.2. The van der Waals surface area contributed by atoms with Crippen molar-refractivity contribution in [1.29, 1.82) is 0 Å². The second kappa shape index (κ2) is 6.17. The Hall–Kier alpha value is -3.67. The summed E-state index contributed by atoms with van der Waals surface area (Å²) in [5.74, 6) is -0.964. The van der Waals surface area contributed by atoms with Gasteiger partial charge in [0.05, 0.1) is 11.3 Å². The summed E-state index contributed by atoms with van der Waals surface area (Å²) in [4.78, 5) is 30.5. The summed E-state index contributed by atoms with van der Waals surface area (Å²) in [6.07, 6.45) is 0. The van der Waals surface area contributed by atoms with E-state index in [4.69, 9.17) is 0 Å². The first-order chi connectivity index (χ1) is 14.1. The number of amides is 2. The maximum absolute atomic E-state index is 13.8. The van der Waals surface area contributed by atoms with Crippen LogP contribution in [0.4, 0.5) is 21.5 Å². The zero-order valence-electron chi connectivity index (χ0n) is 15.7. The van der Waals surface area contributed by atoms with E-state index < -0.39 is 11.5 Å². The van der Waals surface area contributed by atoms with E-state index in [0.29, 0.717) is 29.0 Å². The van der Waals surface area contributed by atoms with E-state index in [0.717, 1.165) is 5.69 Å². The van der Waals surface area contributed by atoms with Crippen molar-refractivity contribution < 1.29 is 14.0 Å². The molecule has 2 aliphatic heterocycles. The summed E-state index contributed by atoms with van der Waals surface area (Å²) in [5.41, 5.74) is 1.51. The third kappa shape index (κ3) is 2.26. The van der Waals surface area contributed by atoms with Crippen LogP contribution >= 0.6 is 0 Å². The second-order valence-corrected chi connectivity index (χ2v) is 7.06. The molecular formula is C23H18FN3O2. The Morgan fingerprint density at radius 3 is 2.38 bits per heavy atom. The van der Waals surface area contributed by atoms with Gasteiger partial charge in [-0.25, -0.2) is 4.39 Å². The van der Waals surface area contributed by atoms with Gasteiger partial charge in [-0.1, -0.05) is 30.3 Å². The van der Waals surface area contributed by atoms with Crippen LogP contribution in [-0.2, 0) is 10.5 Å². The predicted octanol–water partition coefficient (Wildman–Crippen LogP) is 4.12. The van der Waals surface area contributed by atoms with E-state index in [2.05, 4.69) is 5.32 Å². The molecule has 144 valence electrons. The molecule has 0 fully saturated rings. The molecule has 5 rings (SSSR count). The highest BCUT2D eigenvalue weighted by Crippen LogP contribution is 2.49. The number of carbonyl (C=O) groups excluding carboxylic acids is 2. The van der Waals surface area contributed by atoms with Gasteiger partial charge in [0, 0.05) is 23.5 Å². The van der Waals surface area contributed by atoms with E-state index in [-0.39, 0.29) is 11.8 Å². The third-order valence-electron chi connectivity index (χ3n) is 5.55. The first kappa shape index (κ1) is 17.4. The molecule has 1 N–H and O–H groups in total. The maximum Gasteiger partial charge on any atom is 0.279 e.